The maximum absolute atomic E-state index is 12.0. The van der Waals surface area contributed by atoms with Gasteiger partial charge < -0.3 is 10.1 Å². The van der Waals surface area contributed by atoms with Crippen LogP contribution >= 0.6 is 0 Å². The maximum atomic E-state index is 12.0. The fourth-order valence-electron chi connectivity index (χ4n) is 3.30. The quantitative estimate of drug-likeness (QED) is 0.868. The summed E-state index contributed by atoms with van der Waals surface area (Å²) in [7, 11) is 0. The SMILES string of the molecule is CCC(CC)NC(=O)OCC1c2ccccc2-c2ccccc21. The average Bonchev–Trinajstić information content (AvgIpc) is 2.92. The van der Waals surface area contributed by atoms with Gasteiger partial charge >= 0.3 is 6.09 Å². The van der Waals surface area contributed by atoms with E-state index in [1.165, 1.54) is 22.3 Å². The van der Waals surface area contributed by atoms with E-state index in [0.29, 0.717) is 6.61 Å². The van der Waals surface area contributed by atoms with Crippen LogP contribution in [0.1, 0.15) is 43.7 Å². The van der Waals surface area contributed by atoms with E-state index in [2.05, 4.69) is 55.6 Å². The Labute approximate surface area is 137 Å². The number of fused-ring (bicyclic) bond motifs is 3. The minimum absolute atomic E-state index is 0.120. The van der Waals surface area contributed by atoms with Crippen molar-refractivity contribution >= 4 is 6.09 Å². The van der Waals surface area contributed by atoms with Gasteiger partial charge in [0, 0.05) is 12.0 Å². The smallest absolute Gasteiger partial charge is 0.407 e. The summed E-state index contributed by atoms with van der Waals surface area (Å²) in [5.41, 5.74) is 4.97. The molecule has 120 valence electrons. The van der Waals surface area contributed by atoms with E-state index < -0.39 is 0 Å². The van der Waals surface area contributed by atoms with Crippen LogP contribution in [0.5, 0.6) is 0 Å². The largest absolute Gasteiger partial charge is 0.449 e. The molecule has 0 radical (unpaired) electrons. The molecule has 0 saturated heterocycles. The standard InChI is InChI=1S/C20H23NO2/c1-3-14(4-2)21-20(22)23-13-19-17-11-7-5-9-15(17)16-10-6-8-12-18(16)19/h5-12,14,19H,3-4,13H2,1-2H3,(H,21,22). The Hall–Kier alpha value is -2.29. The number of amides is 1. The molecular weight excluding hydrogens is 286 g/mol. The first kappa shape index (κ1) is 15.6. The van der Waals surface area contributed by atoms with Gasteiger partial charge in [0.1, 0.15) is 6.61 Å². The minimum Gasteiger partial charge on any atom is -0.449 e. The summed E-state index contributed by atoms with van der Waals surface area (Å²) in [4.78, 5) is 12.0. The van der Waals surface area contributed by atoms with Crippen LogP contribution < -0.4 is 5.32 Å². The molecule has 0 aliphatic heterocycles. The third kappa shape index (κ3) is 3.09. The van der Waals surface area contributed by atoms with Gasteiger partial charge in [-0.25, -0.2) is 4.79 Å². The molecule has 2 aromatic rings. The Morgan fingerprint density at radius 2 is 1.52 bits per heavy atom. The van der Waals surface area contributed by atoms with E-state index >= 15 is 0 Å². The second-order valence-electron chi connectivity index (χ2n) is 5.98. The highest BCUT2D eigenvalue weighted by Crippen LogP contribution is 2.44. The molecule has 0 aromatic heterocycles. The molecule has 3 heteroatoms. The van der Waals surface area contributed by atoms with Crippen LogP contribution in [0.3, 0.4) is 0 Å². The Morgan fingerprint density at radius 1 is 1.00 bits per heavy atom. The predicted molar refractivity (Wildman–Crippen MR) is 92.6 cm³/mol. The Balaban J connectivity index is 1.75. The van der Waals surface area contributed by atoms with Crippen molar-refractivity contribution in [2.24, 2.45) is 0 Å². The highest BCUT2D eigenvalue weighted by Gasteiger charge is 2.29. The zero-order valence-electron chi connectivity index (χ0n) is 13.7. The average molecular weight is 309 g/mol. The summed E-state index contributed by atoms with van der Waals surface area (Å²) < 4.78 is 5.52. The van der Waals surface area contributed by atoms with Crippen molar-refractivity contribution < 1.29 is 9.53 Å². The zero-order valence-corrected chi connectivity index (χ0v) is 13.7. The zero-order chi connectivity index (χ0) is 16.2. The number of ether oxygens (including phenoxy) is 1. The summed E-state index contributed by atoms with van der Waals surface area (Å²) in [5.74, 6) is 0.120. The molecule has 23 heavy (non-hydrogen) atoms. The lowest BCUT2D eigenvalue weighted by Gasteiger charge is -2.17. The normalized spacial score (nSPS) is 12.8. The molecular formula is C20H23NO2. The summed E-state index contributed by atoms with van der Waals surface area (Å²) in [6.45, 7) is 4.51. The fourth-order valence-corrected chi connectivity index (χ4v) is 3.30. The summed E-state index contributed by atoms with van der Waals surface area (Å²) in [5, 5.41) is 2.93. The van der Waals surface area contributed by atoms with Gasteiger partial charge in [-0.3, -0.25) is 0 Å². The molecule has 0 saturated carbocycles. The highest BCUT2D eigenvalue weighted by atomic mass is 16.5. The first-order valence-electron chi connectivity index (χ1n) is 8.36. The van der Waals surface area contributed by atoms with Crippen molar-refractivity contribution in [3.05, 3.63) is 59.7 Å². The number of nitrogens with one attached hydrogen (secondary N) is 1. The Kier molecular flexibility index (Phi) is 4.65. The molecule has 3 rings (SSSR count). The third-order valence-electron chi connectivity index (χ3n) is 4.65. The van der Waals surface area contributed by atoms with Crippen molar-refractivity contribution in [1.82, 2.24) is 5.32 Å². The van der Waals surface area contributed by atoms with Crippen LogP contribution in [0.15, 0.2) is 48.5 Å². The molecule has 0 spiro atoms. The van der Waals surface area contributed by atoms with E-state index in [1.54, 1.807) is 0 Å². The first-order valence-corrected chi connectivity index (χ1v) is 8.36. The molecule has 0 fully saturated rings. The highest BCUT2D eigenvalue weighted by molar-refractivity contribution is 5.79. The van der Waals surface area contributed by atoms with Crippen molar-refractivity contribution in [3.8, 4) is 11.1 Å². The number of carbonyl (C=O) groups is 1. The Bertz CT molecular complexity index is 646. The van der Waals surface area contributed by atoms with Gasteiger partial charge in [-0.15, -0.1) is 0 Å². The van der Waals surface area contributed by atoms with Crippen LogP contribution in [-0.2, 0) is 4.74 Å². The Morgan fingerprint density at radius 3 is 2.04 bits per heavy atom. The number of rotatable bonds is 5. The van der Waals surface area contributed by atoms with Crippen LogP contribution in [0.2, 0.25) is 0 Å². The first-order chi connectivity index (χ1) is 11.2. The molecule has 1 amide bonds. The van der Waals surface area contributed by atoms with Crippen molar-refractivity contribution in [1.29, 1.82) is 0 Å². The second kappa shape index (κ2) is 6.86. The molecule has 2 aromatic carbocycles. The van der Waals surface area contributed by atoms with Crippen molar-refractivity contribution in [2.45, 2.75) is 38.6 Å². The summed E-state index contributed by atoms with van der Waals surface area (Å²) >= 11 is 0. The minimum atomic E-state index is -0.319. The molecule has 0 atom stereocenters. The van der Waals surface area contributed by atoms with Gasteiger partial charge in [-0.1, -0.05) is 62.4 Å². The molecule has 1 aliphatic rings. The van der Waals surface area contributed by atoms with E-state index in [4.69, 9.17) is 4.74 Å². The molecule has 3 nitrogen and oxygen atoms in total. The van der Waals surface area contributed by atoms with E-state index in [1.807, 2.05) is 12.1 Å². The van der Waals surface area contributed by atoms with Gasteiger partial charge in [-0.2, -0.15) is 0 Å². The second-order valence-corrected chi connectivity index (χ2v) is 5.98. The van der Waals surface area contributed by atoms with Crippen LogP contribution in [0, 0.1) is 0 Å². The van der Waals surface area contributed by atoms with E-state index in [-0.39, 0.29) is 18.1 Å². The van der Waals surface area contributed by atoms with Gasteiger partial charge in [-0.05, 0) is 35.1 Å². The lowest BCUT2D eigenvalue weighted by Crippen LogP contribution is -2.35. The van der Waals surface area contributed by atoms with Crippen LogP contribution in [-0.4, -0.2) is 18.7 Å². The topological polar surface area (TPSA) is 38.3 Å². The van der Waals surface area contributed by atoms with Crippen molar-refractivity contribution in [2.75, 3.05) is 6.61 Å². The molecule has 0 heterocycles. The van der Waals surface area contributed by atoms with Gasteiger partial charge in [0.2, 0.25) is 0 Å². The van der Waals surface area contributed by atoms with Crippen LogP contribution in [0.4, 0.5) is 4.79 Å². The lowest BCUT2D eigenvalue weighted by molar-refractivity contribution is 0.138. The van der Waals surface area contributed by atoms with Crippen LogP contribution in [0.25, 0.3) is 11.1 Å². The van der Waals surface area contributed by atoms with Gasteiger partial charge in [0.25, 0.3) is 0 Å². The van der Waals surface area contributed by atoms with Gasteiger partial charge in [0.15, 0.2) is 0 Å². The fraction of sp³-hybridized carbons (Fsp3) is 0.350. The third-order valence-corrected chi connectivity index (χ3v) is 4.65. The predicted octanol–water partition coefficient (Wildman–Crippen LogP) is 4.71. The number of hydrogen-bond donors (Lipinski definition) is 1. The molecule has 1 aliphatic carbocycles. The number of hydrogen-bond acceptors (Lipinski definition) is 2. The van der Waals surface area contributed by atoms with Gasteiger partial charge in [0.05, 0.1) is 0 Å². The van der Waals surface area contributed by atoms with E-state index in [0.717, 1.165) is 12.8 Å². The molecule has 0 unspecified atom stereocenters. The monoisotopic (exact) mass is 309 g/mol. The summed E-state index contributed by atoms with van der Waals surface area (Å²) in [6, 6.07) is 16.9. The van der Waals surface area contributed by atoms with E-state index in [9.17, 15) is 4.79 Å². The molecule has 0 bridgehead atoms. The van der Waals surface area contributed by atoms with Crippen molar-refractivity contribution in [3.63, 3.8) is 0 Å². The number of benzene rings is 2. The lowest BCUT2D eigenvalue weighted by atomic mass is 9.98. The molecule has 1 N–H and O–H groups in total. The number of carbonyl (C=O) groups excluding carboxylic acids is 1. The maximum Gasteiger partial charge on any atom is 0.407 e. The number of alkyl carbamates (subject to hydrolysis) is 1. The summed E-state index contributed by atoms with van der Waals surface area (Å²) in [6.07, 6.45) is 1.52.